The van der Waals surface area contributed by atoms with E-state index in [1.807, 2.05) is 48.5 Å². The topological polar surface area (TPSA) is 24.9 Å². The van der Waals surface area contributed by atoms with Gasteiger partial charge in [0.1, 0.15) is 11.0 Å². The van der Waals surface area contributed by atoms with Crippen LogP contribution in [0.15, 0.2) is 72.8 Å². The number of nitrogens with one attached hydrogen (secondary N) is 1. The minimum atomic E-state index is 0.479. The smallest absolute Gasteiger partial charge is 0.132 e. The Labute approximate surface area is 123 Å². The van der Waals surface area contributed by atoms with Crippen molar-refractivity contribution in [2.75, 3.05) is 5.32 Å². The Morgan fingerprint density at radius 2 is 1.50 bits per heavy atom. The second-order valence-electron chi connectivity index (χ2n) is 4.38. The van der Waals surface area contributed by atoms with Gasteiger partial charge >= 0.3 is 0 Å². The standard InChI is InChI=1S/C17H13ClN2/c18-16-11-6-12-17(20-16)19-15-10-5-4-9-14(15)13-7-2-1-3-8-13/h1-12H,(H,19,20). The second kappa shape index (κ2) is 5.76. The van der Waals surface area contributed by atoms with Crippen LogP contribution in [0, 0.1) is 0 Å². The van der Waals surface area contributed by atoms with E-state index >= 15 is 0 Å². The second-order valence-corrected chi connectivity index (χ2v) is 4.77. The van der Waals surface area contributed by atoms with Crippen molar-refractivity contribution >= 4 is 23.1 Å². The Morgan fingerprint density at radius 1 is 0.750 bits per heavy atom. The molecule has 0 saturated heterocycles. The molecule has 0 spiro atoms. The van der Waals surface area contributed by atoms with E-state index in [9.17, 15) is 0 Å². The van der Waals surface area contributed by atoms with Crippen LogP contribution in [-0.4, -0.2) is 4.98 Å². The minimum absolute atomic E-state index is 0.479. The SMILES string of the molecule is Clc1cccc(Nc2ccccc2-c2ccccc2)n1. The van der Waals surface area contributed by atoms with Gasteiger partial charge in [-0.3, -0.25) is 0 Å². The van der Waals surface area contributed by atoms with Gasteiger partial charge in [0.15, 0.2) is 0 Å². The Kier molecular flexibility index (Phi) is 3.66. The van der Waals surface area contributed by atoms with E-state index in [-0.39, 0.29) is 0 Å². The normalized spacial score (nSPS) is 10.2. The third-order valence-corrected chi connectivity index (χ3v) is 3.20. The number of hydrogen-bond donors (Lipinski definition) is 1. The van der Waals surface area contributed by atoms with Gasteiger partial charge in [-0.25, -0.2) is 4.98 Å². The van der Waals surface area contributed by atoms with Crippen LogP contribution < -0.4 is 5.32 Å². The van der Waals surface area contributed by atoms with Gasteiger partial charge in [0.2, 0.25) is 0 Å². The molecule has 0 amide bonds. The summed E-state index contributed by atoms with van der Waals surface area (Å²) < 4.78 is 0. The van der Waals surface area contributed by atoms with Crippen molar-refractivity contribution in [3.63, 3.8) is 0 Å². The highest BCUT2D eigenvalue weighted by molar-refractivity contribution is 6.29. The summed E-state index contributed by atoms with van der Waals surface area (Å²) in [5.41, 5.74) is 3.31. The Morgan fingerprint density at radius 3 is 2.30 bits per heavy atom. The van der Waals surface area contributed by atoms with Gasteiger partial charge < -0.3 is 5.32 Å². The molecule has 3 rings (SSSR count). The third-order valence-electron chi connectivity index (χ3n) is 2.99. The van der Waals surface area contributed by atoms with Crippen LogP contribution in [-0.2, 0) is 0 Å². The van der Waals surface area contributed by atoms with Crippen LogP contribution in [0.3, 0.4) is 0 Å². The van der Waals surface area contributed by atoms with Crippen LogP contribution in [0.2, 0.25) is 5.15 Å². The van der Waals surface area contributed by atoms with Crippen LogP contribution >= 0.6 is 11.6 Å². The predicted octanol–water partition coefficient (Wildman–Crippen LogP) is 5.15. The van der Waals surface area contributed by atoms with Crippen LogP contribution in [0.1, 0.15) is 0 Å². The number of aromatic nitrogens is 1. The molecule has 2 nitrogen and oxygen atoms in total. The van der Waals surface area contributed by atoms with Gasteiger partial charge in [0.25, 0.3) is 0 Å². The number of rotatable bonds is 3. The zero-order valence-electron chi connectivity index (χ0n) is 10.8. The first kappa shape index (κ1) is 12.7. The quantitative estimate of drug-likeness (QED) is 0.672. The van der Waals surface area contributed by atoms with Crippen molar-refractivity contribution < 1.29 is 0 Å². The zero-order valence-corrected chi connectivity index (χ0v) is 11.5. The Balaban J connectivity index is 1.99. The maximum atomic E-state index is 5.92. The highest BCUT2D eigenvalue weighted by Crippen LogP contribution is 2.29. The van der Waals surface area contributed by atoms with E-state index in [1.165, 1.54) is 0 Å². The van der Waals surface area contributed by atoms with E-state index in [2.05, 4.69) is 28.5 Å². The number of anilines is 2. The average molecular weight is 281 g/mol. The lowest BCUT2D eigenvalue weighted by molar-refractivity contribution is 1.31. The van der Waals surface area contributed by atoms with E-state index in [4.69, 9.17) is 11.6 Å². The van der Waals surface area contributed by atoms with E-state index in [0.717, 1.165) is 22.6 Å². The maximum absolute atomic E-state index is 5.92. The molecule has 0 atom stereocenters. The number of hydrogen-bond acceptors (Lipinski definition) is 2. The molecular formula is C17H13ClN2. The van der Waals surface area contributed by atoms with Gasteiger partial charge in [0, 0.05) is 11.3 Å². The number of halogens is 1. The molecule has 0 aliphatic heterocycles. The fourth-order valence-electron chi connectivity index (χ4n) is 2.08. The summed E-state index contributed by atoms with van der Waals surface area (Å²) >= 11 is 5.92. The lowest BCUT2D eigenvalue weighted by atomic mass is 10.0. The zero-order chi connectivity index (χ0) is 13.8. The average Bonchev–Trinajstić information content (AvgIpc) is 2.49. The van der Waals surface area contributed by atoms with Crippen molar-refractivity contribution in [3.8, 4) is 11.1 Å². The Hall–Kier alpha value is -2.32. The molecule has 0 aliphatic rings. The third kappa shape index (κ3) is 2.81. The van der Waals surface area contributed by atoms with Crippen molar-refractivity contribution in [2.24, 2.45) is 0 Å². The number of benzene rings is 2. The van der Waals surface area contributed by atoms with Gasteiger partial charge in [-0.05, 0) is 23.8 Å². The molecule has 0 fully saturated rings. The fraction of sp³-hybridized carbons (Fsp3) is 0. The molecule has 3 aromatic rings. The van der Waals surface area contributed by atoms with Gasteiger partial charge in [0.05, 0.1) is 0 Å². The van der Waals surface area contributed by atoms with Crippen molar-refractivity contribution in [2.45, 2.75) is 0 Å². The molecule has 0 bridgehead atoms. The first-order valence-electron chi connectivity index (χ1n) is 6.37. The van der Waals surface area contributed by atoms with E-state index in [1.54, 1.807) is 6.07 Å². The van der Waals surface area contributed by atoms with E-state index < -0.39 is 0 Å². The highest BCUT2D eigenvalue weighted by Gasteiger charge is 2.05. The molecule has 0 saturated carbocycles. The van der Waals surface area contributed by atoms with Gasteiger partial charge in [-0.1, -0.05) is 66.2 Å². The lowest BCUT2D eigenvalue weighted by Crippen LogP contribution is -1.95. The summed E-state index contributed by atoms with van der Waals surface area (Å²) in [6.45, 7) is 0. The molecule has 2 aromatic carbocycles. The fourth-order valence-corrected chi connectivity index (χ4v) is 2.24. The maximum Gasteiger partial charge on any atom is 0.132 e. The summed E-state index contributed by atoms with van der Waals surface area (Å²) in [4.78, 5) is 4.26. The van der Waals surface area contributed by atoms with Crippen LogP contribution in [0.5, 0.6) is 0 Å². The molecule has 1 N–H and O–H groups in total. The minimum Gasteiger partial charge on any atom is -0.340 e. The molecule has 3 heteroatoms. The highest BCUT2D eigenvalue weighted by atomic mass is 35.5. The molecule has 0 radical (unpaired) electrons. The first-order chi connectivity index (χ1) is 9.83. The van der Waals surface area contributed by atoms with Crippen molar-refractivity contribution in [1.82, 2.24) is 4.98 Å². The van der Waals surface area contributed by atoms with Crippen molar-refractivity contribution in [1.29, 1.82) is 0 Å². The predicted molar refractivity (Wildman–Crippen MR) is 84.4 cm³/mol. The van der Waals surface area contributed by atoms with Crippen LogP contribution in [0.4, 0.5) is 11.5 Å². The first-order valence-corrected chi connectivity index (χ1v) is 6.75. The molecule has 1 aromatic heterocycles. The number of para-hydroxylation sites is 1. The molecule has 20 heavy (non-hydrogen) atoms. The summed E-state index contributed by atoms with van der Waals surface area (Å²) in [6.07, 6.45) is 0. The monoisotopic (exact) mass is 280 g/mol. The summed E-state index contributed by atoms with van der Waals surface area (Å²) in [7, 11) is 0. The molecule has 0 unspecified atom stereocenters. The van der Waals surface area contributed by atoms with Crippen LogP contribution in [0.25, 0.3) is 11.1 Å². The largest absolute Gasteiger partial charge is 0.340 e. The molecular weight excluding hydrogens is 268 g/mol. The molecule has 1 heterocycles. The summed E-state index contributed by atoms with van der Waals surface area (Å²) in [5.74, 6) is 0.737. The number of nitrogens with zero attached hydrogens (tertiary/aromatic N) is 1. The summed E-state index contributed by atoms with van der Waals surface area (Å²) in [5, 5.41) is 3.80. The molecule has 98 valence electrons. The van der Waals surface area contributed by atoms with Crippen molar-refractivity contribution in [3.05, 3.63) is 77.9 Å². The summed E-state index contributed by atoms with van der Waals surface area (Å²) in [6, 6.07) is 23.9. The molecule has 0 aliphatic carbocycles. The van der Waals surface area contributed by atoms with E-state index in [0.29, 0.717) is 5.15 Å². The number of pyridine rings is 1. The van der Waals surface area contributed by atoms with Gasteiger partial charge in [-0.2, -0.15) is 0 Å². The van der Waals surface area contributed by atoms with Gasteiger partial charge in [-0.15, -0.1) is 0 Å². The lowest BCUT2D eigenvalue weighted by Gasteiger charge is -2.11. The Bertz CT molecular complexity index is 711.